The molecule has 1 saturated heterocycles. The molecule has 1 aliphatic carbocycles. The SMILES string of the molecule is CC(C)(C)Cc1nc(-c2cccc(C(=O)N(Cc3cccnc3)CC3CCN(C(=O)[C@@H]4C[C@@H]4C(=O)NCCO)C3)c2)no1. The molecule has 11 heteroatoms. The van der Waals surface area contributed by atoms with E-state index in [4.69, 9.17) is 9.63 Å². The van der Waals surface area contributed by atoms with Crippen molar-refractivity contribution in [3.05, 3.63) is 65.8 Å². The van der Waals surface area contributed by atoms with Crippen LogP contribution in [-0.2, 0) is 22.6 Å². The molecule has 5 rings (SSSR count). The minimum Gasteiger partial charge on any atom is -0.395 e. The first-order valence-electron chi connectivity index (χ1n) is 14.9. The first-order valence-corrected chi connectivity index (χ1v) is 14.9. The van der Waals surface area contributed by atoms with Crippen LogP contribution >= 0.6 is 0 Å². The van der Waals surface area contributed by atoms with Crippen LogP contribution in [0.1, 0.15) is 55.4 Å². The summed E-state index contributed by atoms with van der Waals surface area (Å²) >= 11 is 0. The number of rotatable bonds is 11. The average molecular weight is 589 g/mol. The minimum atomic E-state index is -0.321. The number of hydrogen-bond donors (Lipinski definition) is 2. The van der Waals surface area contributed by atoms with E-state index in [1.54, 1.807) is 24.5 Å². The zero-order valence-electron chi connectivity index (χ0n) is 25.0. The van der Waals surface area contributed by atoms with E-state index in [-0.39, 0.29) is 54.0 Å². The maximum absolute atomic E-state index is 13.9. The number of aromatic nitrogens is 3. The van der Waals surface area contributed by atoms with Crippen LogP contribution in [0, 0.1) is 23.2 Å². The van der Waals surface area contributed by atoms with Crippen LogP contribution in [0.3, 0.4) is 0 Å². The molecule has 3 heterocycles. The summed E-state index contributed by atoms with van der Waals surface area (Å²) in [7, 11) is 0. The van der Waals surface area contributed by atoms with Crippen LogP contribution in [0.25, 0.3) is 11.4 Å². The maximum atomic E-state index is 13.9. The number of nitrogens with one attached hydrogen (secondary N) is 1. The second-order valence-electron chi connectivity index (χ2n) is 12.8. The van der Waals surface area contributed by atoms with Gasteiger partial charge in [-0.1, -0.05) is 44.1 Å². The van der Waals surface area contributed by atoms with E-state index in [0.717, 1.165) is 12.0 Å². The van der Waals surface area contributed by atoms with Crippen molar-refractivity contribution in [3.63, 3.8) is 0 Å². The molecule has 228 valence electrons. The molecule has 0 radical (unpaired) electrons. The van der Waals surface area contributed by atoms with Crippen LogP contribution in [0.15, 0.2) is 53.3 Å². The number of amides is 3. The number of benzene rings is 1. The topological polar surface area (TPSA) is 142 Å². The Balaban J connectivity index is 1.27. The summed E-state index contributed by atoms with van der Waals surface area (Å²) in [4.78, 5) is 51.7. The average Bonchev–Trinajstić information content (AvgIpc) is 3.43. The number of aliphatic hydroxyl groups excluding tert-OH is 1. The molecular formula is C32H40N6O5. The molecule has 3 atom stereocenters. The quantitative estimate of drug-likeness (QED) is 0.348. The molecule has 2 N–H and O–H groups in total. The second-order valence-corrected chi connectivity index (χ2v) is 12.8. The van der Waals surface area contributed by atoms with Crippen LogP contribution in [0.2, 0.25) is 0 Å². The Morgan fingerprint density at radius 1 is 1.16 bits per heavy atom. The summed E-state index contributed by atoms with van der Waals surface area (Å²) in [5.74, 6) is 0.171. The lowest BCUT2D eigenvalue weighted by Crippen LogP contribution is -2.37. The third-order valence-electron chi connectivity index (χ3n) is 7.83. The largest absolute Gasteiger partial charge is 0.395 e. The molecule has 1 saturated carbocycles. The van der Waals surface area contributed by atoms with Gasteiger partial charge in [0.25, 0.3) is 5.91 Å². The maximum Gasteiger partial charge on any atom is 0.254 e. The predicted octanol–water partition coefficient (Wildman–Crippen LogP) is 2.96. The standard InChI is InChI=1S/C32H40N6O5/c1-32(2,3)16-27-35-28(36-43-27)23-7-4-8-24(14-23)30(41)38(18-21-6-5-10-33-17-21)20-22-9-12-37(19-22)31(42)26-15-25(26)29(40)34-11-13-39/h4-8,10,14,17,22,25-26,39H,9,11-13,15-16,18-20H2,1-3H3,(H,34,40)/t22?,25-,26+/m0/s1. The zero-order chi connectivity index (χ0) is 30.6. The number of likely N-dealkylation sites (tertiary alicyclic amines) is 1. The molecule has 1 aliphatic heterocycles. The Bertz CT molecular complexity index is 1440. The van der Waals surface area contributed by atoms with Crippen molar-refractivity contribution >= 4 is 17.7 Å². The van der Waals surface area contributed by atoms with Gasteiger partial charge >= 0.3 is 0 Å². The summed E-state index contributed by atoms with van der Waals surface area (Å²) in [6, 6.07) is 11.1. The van der Waals surface area contributed by atoms with Gasteiger partial charge in [-0.05, 0) is 47.9 Å². The van der Waals surface area contributed by atoms with E-state index >= 15 is 0 Å². The molecule has 2 fully saturated rings. The molecule has 1 aromatic carbocycles. The molecule has 3 aromatic rings. The number of carbonyl (C=O) groups excluding carboxylic acids is 3. The van der Waals surface area contributed by atoms with Crippen molar-refractivity contribution in [2.24, 2.45) is 23.2 Å². The van der Waals surface area contributed by atoms with Crippen molar-refractivity contribution in [2.45, 2.75) is 46.6 Å². The summed E-state index contributed by atoms with van der Waals surface area (Å²) in [5.41, 5.74) is 2.14. The van der Waals surface area contributed by atoms with Gasteiger partial charge in [0.2, 0.25) is 23.5 Å². The van der Waals surface area contributed by atoms with Crippen LogP contribution < -0.4 is 5.32 Å². The normalized spacial score (nSPS) is 19.7. The highest BCUT2D eigenvalue weighted by Crippen LogP contribution is 2.41. The highest BCUT2D eigenvalue weighted by Gasteiger charge is 2.50. The Morgan fingerprint density at radius 2 is 2.00 bits per heavy atom. The van der Waals surface area contributed by atoms with Crippen molar-refractivity contribution < 1.29 is 24.0 Å². The van der Waals surface area contributed by atoms with Crippen LogP contribution in [0.4, 0.5) is 0 Å². The molecule has 0 bridgehead atoms. The van der Waals surface area contributed by atoms with E-state index in [2.05, 4.69) is 41.2 Å². The third-order valence-corrected chi connectivity index (χ3v) is 7.83. The van der Waals surface area contributed by atoms with E-state index in [1.165, 1.54) is 0 Å². The fraction of sp³-hybridized carbons (Fsp3) is 0.500. The number of hydrogen-bond acceptors (Lipinski definition) is 8. The van der Waals surface area contributed by atoms with Gasteiger partial charge in [-0.25, -0.2) is 0 Å². The minimum absolute atomic E-state index is 0.00411. The number of aliphatic hydroxyl groups is 1. The Labute approximate surface area is 251 Å². The fourth-order valence-corrected chi connectivity index (χ4v) is 5.60. The lowest BCUT2D eigenvalue weighted by molar-refractivity contribution is -0.134. The fourth-order valence-electron chi connectivity index (χ4n) is 5.60. The number of carbonyl (C=O) groups is 3. The summed E-state index contributed by atoms with van der Waals surface area (Å²) < 4.78 is 5.47. The van der Waals surface area contributed by atoms with Gasteiger partial charge in [0.1, 0.15) is 0 Å². The lowest BCUT2D eigenvalue weighted by Gasteiger charge is -2.26. The van der Waals surface area contributed by atoms with Gasteiger partial charge in [-0.15, -0.1) is 0 Å². The lowest BCUT2D eigenvalue weighted by atomic mass is 9.92. The van der Waals surface area contributed by atoms with E-state index < -0.39 is 0 Å². The molecule has 2 aromatic heterocycles. The van der Waals surface area contributed by atoms with E-state index in [9.17, 15) is 14.4 Å². The van der Waals surface area contributed by atoms with Crippen molar-refractivity contribution in [1.29, 1.82) is 0 Å². The van der Waals surface area contributed by atoms with Gasteiger partial charge in [-0.3, -0.25) is 19.4 Å². The number of pyridine rings is 1. The molecule has 11 nitrogen and oxygen atoms in total. The molecule has 3 amide bonds. The first-order chi connectivity index (χ1) is 20.6. The highest BCUT2D eigenvalue weighted by molar-refractivity contribution is 5.95. The van der Waals surface area contributed by atoms with E-state index in [0.29, 0.717) is 61.9 Å². The smallest absolute Gasteiger partial charge is 0.254 e. The zero-order valence-corrected chi connectivity index (χ0v) is 25.0. The summed E-state index contributed by atoms with van der Waals surface area (Å²) in [5, 5.41) is 15.7. The Hall–Kier alpha value is -4.12. The third kappa shape index (κ3) is 7.84. The highest BCUT2D eigenvalue weighted by atomic mass is 16.5. The molecule has 43 heavy (non-hydrogen) atoms. The molecule has 0 spiro atoms. The van der Waals surface area contributed by atoms with Crippen LogP contribution in [-0.4, -0.2) is 80.5 Å². The summed E-state index contributed by atoms with van der Waals surface area (Å²) in [6.45, 7) is 8.39. The molecular weight excluding hydrogens is 548 g/mol. The summed E-state index contributed by atoms with van der Waals surface area (Å²) in [6.07, 6.45) is 5.42. The first kappa shape index (κ1) is 30.3. The monoisotopic (exact) mass is 588 g/mol. The van der Waals surface area contributed by atoms with E-state index in [1.807, 2.05) is 34.1 Å². The van der Waals surface area contributed by atoms with Gasteiger partial charge < -0.3 is 24.7 Å². The van der Waals surface area contributed by atoms with Crippen molar-refractivity contribution in [2.75, 3.05) is 32.8 Å². The predicted molar refractivity (Wildman–Crippen MR) is 158 cm³/mol. The van der Waals surface area contributed by atoms with Gasteiger partial charge in [0, 0.05) is 62.7 Å². The van der Waals surface area contributed by atoms with Gasteiger partial charge in [0.15, 0.2) is 0 Å². The van der Waals surface area contributed by atoms with Gasteiger partial charge in [-0.2, -0.15) is 4.98 Å². The second kappa shape index (κ2) is 13.0. The Morgan fingerprint density at radius 3 is 2.74 bits per heavy atom. The van der Waals surface area contributed by atoms with Crippen LogP contribution in [0.5, 0.6) is 0 Å². The van der Waals surface area contributed by atoms with Crippen molar-refractivity contribution in [3.8, 4) is 11.4 Å². The number of nitrogens with zero attached hydrogens (tertiary/aromatic N) is 5. The molecule has 2 aliphatic rings. The van der Waals surface area contributed by atoms with Gasteiger partial charge in [0.05, 0.1) is 18.4 Å². The van der Waals surface area contributed by atoms with Crippen molar-refractivity contribution in [1.82, 2.24) is 30.2 Å². The Kier molecular flexibility index (Phi) is 9.19. The molecule has 1 unspecified atom stereocenters.